The molecule has 1 aromatic heterocycles. The van der Waals surface area contributed by atoms with E-state index >= 15 is 0 Å². The Balaban J connectivity index is 1.69. The number of piperidine rings is 1. The molecule has 2 aliphatic rings. The van der Waals surface area contributed by atoms with Crippen molar-refractivity contribution < 1.29 is 9.53 Å². The SMILES string of the molecule is CC1CC(Sc2nnc(N3CCCCC3)n2-c2ccccc2)C(=O)O1. The number of hydrogen-bond acceptors (Lipinski definition) is 6. The van der Waals surface area contributed by atoms with Crippen LogP contribution >= 0.6 is 11.8 Å². The molecule has 2 aromatic rings. The summed E-state index contributed by atoms with van der Waals surface area (Å²) in [5, 5.41) is 9.43. The number of cyclic esters (lactones) is 1. The minimum Gasteiger partial charge on any atom is -0.462 e. The summed E-state index contributed by atoms with van der Waals surface area (Å²) in [4.78, 5) is 14.3. The summed E-state index contributed by atoms with van der Waals surface area (Å²) in [5.74, 6) is 0.715. The van der Waals surface area contributed by atoms with E-state index < -0.39 is 0 Å². The fourth-order valence-corrected chi connectivity index (χ4v) is 4.54. The second-order valence-electron chi connectivity index (χ2n) is 6.59. The molecule has 2 aliphatic heterocycles. The van der Waals surface area contributed by atoms with Crippen LogP contribution in [0.25, 0.3) is 5.69 Å². The van der Waals surface area contributed by atoms with Crippen LogP contribution in [0.2, 0.25) is 0 Å². The van der Waals surface area contributed by atoms with Crippen LogP contribution in [0, 0.1) is 0 Å². The van der Waals surface area contributed by atoms with Gasteiger partial charge in [-0.1, -0.05) is 30.0 Å². The Labute approximate surface area is 151 Å². The molecule has 0 radical (unpaired) electrons. The summed E-state index contributed by atoms with van der Waals surface area (Å²) in [6.07, 6.45) is 4.31. The van der Waals surface area contributed by atoms with E-state index in [-0.39, 0.29) is 17.3 Å². The molecule has 0 spiro atoms. The summed E-state index contributed by atoms with van der Waals surface area (Å²) in [6.45, 7) is 3.93. The molecule has 0 amide bonds. The number of benzene rings is 1. The van der Waals surface area contributed by atoms with Gasteiger partial charge in [-0.05, 0) is 38.3 Å². The van der Waals surface area contributed by atoms with E-state index in [1.807, 2.05) is 25.1 Å². The predicted molar refractivity (Wildman–Crippen MR) is 97.2 cm³/mol. The highest BCUT2D eigenvalue weighted by Crippen LogP contribution is 2.34. The van der Waals surface area contributed by atoms with Crippen molar-refractivity contribution in [3.63, 3.8) is 0 Å². The van der Waals surface area contributed by atoms with Crippen molar-refractivity contribution in [3.8, 4) is 5.69 Å². The third kappa shape index (κ3) is 3.38. The topological polar surface area (TPSA) is 60.2 Å². The van der Waals surface area contributed by atoms with Gasteiger partial charge in [0.1, 0.15) is 11.4 Å². The van der Waals surface area contributed by atoms with Gasteiger partial charge in [0.25, 0.3) is 0 Å². The largest absolute Gasteiger partial charge is 0.462 e. The minimum atomic E-state index is -0.212. The Morgan fingerprint density at radius 2 is 1.88 bits per heavy atom. The number of hydrogen-bond donors (Lipinski definition) is 0. The maximum Gasteiger partial charge on any atom is 0.319 e. The summed E-state index contributed by atoms with van der Waals surface area (Å²) >= 11 is 1.46. The molecule has 0 N–H and O–H groups in total. The number of nitrogens with zero attached hydrogens (tertiary/aromatic N) is 4. The molecule has 2 unspecified atom stereocenters. The van der Waals surface area contributed by atoms with Crippen molar-refractivity contribution in [2.45, 2.75) is 49.1 Å². The number of ether oxygens (including phenoxy) is 1. The van der Waals surface area contributed by atoms with Crippen LogP contribution in [0.4, 0.5) is 5.95 Å². The van der Waals surface area contributed by atoms with Gasteiger partial charge in [0.15, 0.2) is 5.16 Å². The van der Waals surface area contributed by atoms with Crippen LogP contribution in [0.3, 0.4) is 0 Å². The summed E-state index contributed by atoms with van der Waals surface area (Å²) < 4.78 is 7.36. The van der Waals surface area contributed by atoms with Gasteiger partial charge >= 0.3 is 5.97 Å². The molecule has 25 heavy (non-hydrogen) atoms. The molecular weight excluding hydrogens is 336 g/mol. The Morgan fingerprint density at radius 1 is 1.12 bits per heavy atom. The van der Waals surface area contributed by atoms with Gasteiger partial charge in [-0.2, -0.15) is 0 Å². The first-order valence-electron chi connectivity index (χ1n) is 8.85. The number of carbonyl (C=O) groups excluding carboxylic acids is 1. The van der Waals surface area contributed by atoms with Gasteiger partial charge in [0.2, 0.25) is 5.95 Å². The van der Waals surface area contributed by atoms with Crippen LogP contribution < -0.4 is 4.90 Å². The minimum absolute atomic E-state index is 0.0281. The maximum atomic E-state index is 12.0. The third-order valence-corrected chi connectivity index (χ3v) is 5.79. The van der Waals surface area contributed by atoms with Crippen molar-refractivity contribution in [1.82, 2.24) is 14.8 Å². The lowest BCUT2D eigenvalue weighted by Crippen LogP contribution is -2.31. The first-order valence-corrected chi connectivity index (χ1v) is 9.73. The van der Waals surface area contributed by atoms with E-state index in [1.54, 1.807) is 0 Å². The fourth-order valence-electron chi connectivity index (χ4n) is 3.38. The molecule has 132 valence electrons. The first kappa shape index (κ1) is 16.4. The molecule has 2 atom stereocenters. The van der Waals surface area contributed by atoms with Crippen LogP contribution in [-0.4, -0.2) is 45.2 Å². The van der Waals surface area contributed by atoms with E-state index in [0.29, 0.717) is 6.42 Å². The quantitative estimate of drug-likeness (QED) is 0.783. The molecule has 4 rings (SSSR count). The maximum absolute atomic E-state index is 12.0. The molecule has 3 heterocycles. The molecule has 1 aromatic carbocycles. The zero-order valence-corrected chi connectivity index (χ0v) is 15.1. The number of esters is 1. The van der Waals surface area contributed by atoms with Gasteiger partial charge in [-0.3, -0.25) is 9.36 Å². The fraction of sp³-hybridized carbons (Fsp3) is 0.500. The number of aromatic nitrogens is 3. The highest BCUT2D eigenvalue weighted by molar-refractivity contribution is 8.00. The van der Waals surface area contributed by atoms with Gasteiger partial charge in [0.05, 0.1) is 5.69 Å². The highest BCUT2D eigenvalue weighted by atomic mass is 32.2. The summed E-state index contributed by atoms with van der Waals surface area (Å²) in [7, 11) is 0. The lowest BCUT2D eigenvalue weighted by molar-refractivity contribution is -0.140. The van der Waals surface area contributed by atoms with Crippen LogP contribution in [0.15, 0.2) is 35.5 Å². The lowest BCUT2D eigenvalue weighted by atomic mass is 10.1. The number of rotatable bonds is 4. The van der Waals surface area contributed by atoms with Gasteiger partial charge in [-0.25, -0.2) is 0 Å². The van der Waals surface area contributed by atoms with Crippen molar-refractivity contribution in [1.29, 1.82) is 0 Å². The average Bonchev–Trinajstić information content (AvgIpc) is 3.19. The second kappa shape index (κ2) is 7.07. The van der Waals surface area contributed by atoms with Crippen molar-refractivity contribution in [3.05, 3.63) is 30.3 Å². The smallest absolute Gasteiger partial charge is 0.319 e. The Hall–Kier alpha value is -2.02. The monoisotopic (exact) mass is 358 g/mol. The normalized spacial score (nSPS) is 23.7. The van der Waals surface area contributed by atoms with Gasteiger partial charge in [0, 0.05) is 19.5 Å². The van der Waals surface area contributed by atoms with Crippen molar-refractivity contribution >= 4 is 23.7 Å². The van der Waals surface area contributed by atoms with Crippen LogP contribution in [0.1, 0.15) is 32.6 Å². The lowest BCUT2D eigenvalue weighted by Gasteiger charge is -2.27. The Bertz CT molecular complexity index is 743. The summed E-state index contributed by atoms with van der Waals surface area (Å²) in [6, 6.07) is 10.1. The average molecular weight is 358 g/mol. The predicted octanol–water partition coefficient (Wildman–Crippen LogP) is 3.05. The van der Waals surface area contributed by atoms with E-state index in [2.05, 4.69) is 31.8 Å². The molecule has 2 fully saturated rings. The van der Waals surface area contributed by atoms with Gasteiger partial charge < -0.3 is 9.64 Å². The zero-order chi connectivity index (χ0) is 17.2. The Morgan fingerprint density at radius 3 is 2.56 bits per heavy atom. The van der Waals surface area contributed by atoms with E-state index in [0.717, 1.165) is 29.9 Å². The second-order valence-corrected chi connectivity index (χ2v) is 7.76. The van der Waals surface area contributed by atoms with Crippen LogP contribution in [0.5, 0.6) is 0 Å². The molecule has 6 nitrogen and oxygen atoms in total. The molecule has 0 saturated carbocycles. The summed E-state index contributed by atoms with van der Waals surface area (Å²) in [5.41, 5.74) is 1.02. The molecule has 0 bridgehead atoms. The molecular formula is C18H22N4O2S. The number of carbonyl (C=O) groups is 1. The highest BCUT2D eigenvalue weighted by Gasteiger charge is 2.35. The Kier molecular flexibility index (Phi) is 4.65. The number of para-hydroxylation sites is 1. The van der Waals surface area contributed by atoms with E-state index in [9.17, 15) is 4.79 Å². The molecule has 2 saturated heterocycles. The van der Waals surface area contributed by atoms with E-state index in [1.165, 1.54) is 31.0 Å². The standard InChI is InChI=1S/C18H22N4O2S/c1-13-12-15(16(23)24-13)25-18-20-19-17(21-10-6-3-7-11-21)22(18)14-8-4-2-5-9-14/h2,4-5,8-9,13,15H,3,6-7,10-12H2,1H3. The first-order chi connectivity index (χ1) is 12.2. The number of anilines is 1. The third-order valence-electron chi connectivity index (χ3n) is 4.64. The molecule has 7 heteroatoms. The van der Waals surface area contributed by atoms with Crippen molar-refractivity contribution in [2.75, 3.05) is 18.0 Å². The van der Waals surface area contributed by atoms with Crippen LogP contribution in [-0.2, 0) is 9.53 Å². The molecule has 0 aliphatic carbocycles. The van der Waals surface area contributed by atoms with E-state index in [4.69, 9.17) is 4.74 Å². The van der Waals surface area contributed by atoms with Gasteiger partial charge in [-0.15, -0.1) is 10.2 Å². The zero-order valence-electron chi connectivity index (χ0n) is 14.3. The number of thioether (sulfide) groups is 1. The van der Waals surface area contributed by atoms with Crippen molar-refractivity contribution in [2.24, 2.45) is 0 Å².